The predicted molar refractivity (Wildman–Crippen MR) is 83.8 cm³/mol. The molecular weight excluding hydrogens is 391 g/mol. The third-order valence-electron chi connectivity index (χ3n) is 2.87. The normalized spacial score (nSPS) is 11.3. The number of rotatable bonds is 4. The van der Waals surface area contributed by atoms with Gasteiger partial charge in [0, 0.05) is 10.2 Å². The van der Waals surface area contributed by atoms with Gasteiger partial charge in [-0.25, -0.2) is 0 Å². The monoisotopic (exact) mass is 399 g/mol. The van der Waals surface area contributed by atoms with Crippen LogP contribution in [0.2, 0.25) is 0 Å². The van der Waals surface area contributed by atoms with Gasteiger partial charge in [0.05, 0.1) is 5.56 Å². The zero-order chi connectivity index (χ0) is 17.2. The van der Waals surface area contributed by atoms with E-state index in [1.165, 1.54) is 24.3 Å². The highest BCUT2D eigenvalue weighted by atomic mass is 79.9. The minimum absolute atomic E-state index is 0.116. The summed E-state index contributed by atoms with van der Waals surface area (Å²) in [6, 6.07) is 12.6. The lowest BCUT2D eigenvalue weighted by atomic mass is 10.2. The number of hydrogen-bond acceptors (Lipinski definition) is 5. The van der Waals surface area contributed by atoms with Gasteiger partial charge in [-0.2, -0.15) is 0 Å². The molecule has 2 aromatic carbocycles. The molecule has 1 N–H and O–H groups in total. The molecule has 3 aromatic rings. The fraction of sp³-hybridized carbons (Fsp3) is 0.0667. The van der Waals surface area contributed by atoms with Crippen molar-refractivity contribution in [3.05, 3.63) is 53.0 Å². The summed E-state index contributed by atoms with van der Waals surface area (Å²) >= 11 is 3.39. The molecule has 0 saturated heterocycles. The Kier molecular flexibility index (Phi) is 4.43. The Labute approximate surface area is 142 Å². The number of nitrogens with one attached hydrogen (secondary N) is 1. The van der Waals surface area contributed by atoms with Crippen LogP contribution >= 0.6 is 15.9 Å². The van der Waals surface area contributed by atoms with Crippen LogP contribution < -0.4 is 10.1 Å². The van der Waals surface area contributed by atoms with E-state index < -0.39 is 6.36 Å². The summed E-state index contributed by atoms with van der Waals surface area (Å²) in [4.78, 5) is 0. The first-order valence-electron chi connectivity index (χ1n) is 6.62. The molecule has 1 aromatic heterocycles. The fourth-order valence-corrected chi connectivity index (χ4v) is 2.34. The molecule has 3 rings (SSSR count). The molecule has 0 aliphatic carbocycles. The number of halogens is 4. The molecule has 5 nitrogen and oxygen atoms in total. The molecule has 1 heterocycles. The molecule has 124 valence electrons. The number of ether oxygens (including phenoxy) is 1. The Bertz CT molecular complexity index is 834. The molecule has 0 saturated carbocycles. The summed E-state index contributed by atoms with van der Waals surface area (Å²) in [6.07, 6.45) is -4.72. The first kappa shape index (κ1) is 16.3. The van der Waals surface area contributed by atoms with E-state index in [0.717, 1.165) is 10.0 Å². The third kappa shape index (κ3) is 4.05. The van der Waals surface area contributed by atoms with Crippen LogP contribution in [0.25, 0.3) is 11.5 Å². The average molecular weight is 400 g/mol. The molecular formula is C15H9BrF3N3O2. The molecule has 0 bridgehead atoms. The summed E-state index contributed by atoms with van der Waals surface area (Å²) in [6.45, 7) is 0. The molecule has 0 aliphatic heterocycles. The lowest BCUT2D eigenvalue weighted by Crippen LogP contribution is -2.16. The zero-order valence-electron chi connectivity index (χ0n) is 11.8. The highest BCUT2D eigenvalue weighted by Crippen LogP contribution is 2.29. The van der Waals surface area contributed by atoms with Crippen molar-refractivity contribution in [3.8, 4) is 17.2 Å². The predicted octanol–water partition coefficient (Wildman–Crippen LogP) is 5.14. The van der Waals surface area contributed by atoms with Gasteiger partial charge < -0.3 is 14.5 Å². The summed E-state index contributed by atoms with van der Waals surface area (Å²) < 4.78 is 46.4. The van der Waals surface area contributed by atoms with Gasteiger partial charge in [0.25, 0.3) is 5.89 Å². The van der Waals surface area contributed by atoms with Crippen LogP contribution in [0.1, 0.15) is 0 Å². The van der Waals surface area contributed by atoms with Gasteiger partial charge in [0.2, 0.25) is 0 Å². The highest BCUT2D eigenvalue weighted by molar-refractivity contribution is 9.10. The second-order valence-corrected chi connectivity index (χ2v) is 5.44. The van der Waals surface area contributed by atoms with E-state index in [4.69, 9.17) is 4.42 Å². The lowest BCUT2D eigenvalue weighted by Gasteiger charge is -2.09. The van der Waals surface area contributed by atoms with Crippen molar-refractivity contribution >= 4 is 27.6 Å². The second-order valence-electron chi connectivity index (χ2n) is 4.59. The molecule has 0 aliphatic rings. The number of anilines is 2. The van der Waals surface area contributed by atoms with Gasteiger partial charge in [-0.05, 0) is 52.3 Å². The Balaban J connectivity index is 1.72. The van der Waals surface area contributed by atoms with E-state index in [-0.39, 0.29) is 11.8 Å². The minimum atomic E-state index is -4.72. The van der Waals surface area contributed by atoms with E-state index in [1.807, 2.05) is 24.3 Å². The average Bonchev–Trinajstić information content (AvgIpc) is 2.96. The molecule has 0 atom stereocenters. The van der Waals surface area contributed by atoms with Gasteiger partial charge >= 0.3 is 12.4 Å². The first-order chi connectivity index (χ1) is 11.4. The van der Waals surface area contributed by atoms with Crippen molar-refractivity contribution in [2.24, 2.45) is 0 Å². The maximum Gasteiger partial charge on any atom is 0.573 e. The van der Waals surface area contributed by atoms with Gasteiger partial charge in [-0.1, -0.05) is 17.2 Å². The Hall–Kier alpha value is -2.55. The first-order valence-corrected chi connectivity index (χ1v) is 7.41. The van der Waals surface area contributed by atoms with E-state index in [0.29, 0.717) is 11.6 Å². The smallest absolute Gasteiger partial charge is 0.406 e. The van der Waals surface area contributed by atoms with E-state index in [2.05, 4.69) is 36.2 Å². The van der Waals surface area contributed by atoms with Crippen LogP contribution in [-0.2, 0) is 0 Å². The van der Waals surface area contributed by atoms with Crippen LogP contribution in [0.15, 0.2) is 57.4 Å². The lowest BCUT2D eigenvalue weighted by molar-refractivity contribution is -0.274. The third-order valence-corrected chi connectivity index (χ3v) is 3.56. The van der Waals surface area contributed by atoms with Gasteiger partial charge in [-0.3, -0.25) is 0 Å². The fourth-order valence-electron chi connectivity index (χ4n) is 1.88. The standard InChI is InChI=1S/C15H9BrF3N3O2/c16-12-4-2-1-3-11(12)13-21-22-14(23-13)20-9-5-7-10(8-6-9)24-15(17,18)19/h1-8H,(H,20,22). The highest BCUT2D eigenvalue weighted by Gasteiger charge is 2.30. The quantitative estimate of drug-likeness (QED) is 0.657. The molecule has 0 radical (unpaired) electrons. The molecule has 24 heavy (non-hydrogen) atoms. The van der Waals surface area contributed by atoms with Gasteiger partial charge in [0.1, 0.15) is 5.75 Å². The Morgan fingerprint density at radius 1 is 1.00 bits per heavy atom. The number of alkyl halides is 3. The summed E-state index contributed by atoms with van der Waals surface area (Å²) in [5, 5.41) is 10.6. The molecule has 9 heteroatoms. The number of hydrogen-bond donors (Lipinski definition) is 1. The SMILES string of the molecule is FC(F)(F)Oc1ccc(Nc2nnc(-c3ccccc3Br)o2)cc1. The van der Waals surface area contributed by atoms with Crippen molar-refractivity contribution in [2.75, 3.05) is 5.32 Å². The van der Waals surface area contributed by atoms with Crippen LogP contribution in [0.3, 0.4) is 0 Å². The maximum atomic E-state index is 12.1. The second kappa shape index (κ2) is 6.52. The van der Waals surface area contributed by atoms with Gasteiger partial charge in [-0.15, -0.1) is 18.3 Å². The number of nitrogens with zero attached hydrogens (tertiary/aromatic N) is 2. The van der Waals surface area contributed by atoms with Crippen molar-refractivity contribution in [1.82, 2.24) is 10.2 Å². The van der Waals surface area contributed by atoms with Crippen molar-refractivity contribution in [2.45, 2.75) is 6.36 Å². The van der Waals surface area contributed by atoms with Crippen molar-refractivity contribution in [3.63, 3.8) is 0 Å². The number of aromatic nitrogens is 2. The van der Waals surface area contributed by atoms with Crippen molar-refractivity contribution in [1.29, 1.82) is 0 Å². The molecule has 0 fully saturated rings. The van der Waals surface area contributed by atoms with E-state index in [1.54, 1.807) is 0 Å². The topological polar surface area (TPSA) is 60.2 Å². The van der Waals surface area contributed by atoms with Crippen molar-refractivity contribution < 1.29 is 22.3 Å². The molecule has 0 spiro atoms. The van der Waals surface area contributed by atoms with Gasteiger partial charge in [0.15, 0.2) is 0 Å². The van der Waals surface area contributed by atoms with Crippen LogP contribution in [-0.4, -0.2) is 16.6 Å². The summed E-state index contributed by atoms with van der Waals surface area (Å²) in [5.74, 6) is -0.00511. The molecule has 0 unspecified atom stereocenters. The summed E-state index contributed by atoms with van der Waals surface area (Å²) in [5.41, 5.74) is 1.21. The van der Waals surface area contributed by atoms with Crippen LogP contribution in [0.4, 0.5) is 24.9 Å². The van der Waals surface area contributed by atoms with E-state index >= 15 is 0 Å². The maximum absolute atomic E-state index is 12.1. The largest absolute Gasteiger partial charge is 0.573 e. The zero-order valence-corrected chi connectivity index (χ0v) is 13.4. The minimum Gasteiger partial charge on any atom is -0.406 e. The molecule has 0 amide bonds. The van der Waals surface area contributed by atoms with E-state index in [9.17, 15) is 13.2 Å². The Morgan fingerprint density at radius 2 is 1.71 bits per heavy atom. The Morgan fingerprint density at radius 3 is 2.38 bits per heavy atom. The van der Waals surface area contributed by atoms with Crippen LogP contribution in [0, 0.1) is 0 Å². The summed E-state index contributed by atoms with van der Waals surface area (Å²) in [7, 11) is 0. The number of benzene rings is 2. The van der Waals surface area contributed by atoms with Crippen LogP contribution in [0.5, 0.6) is 5.75 Å².